The minimum atomic E-state index is -0.291. The first-order valence-corrected chi connectivity index (χ1v) is 12.6. The molecule has 0 saturated carbocycles. The summed E-state index contributed by atoms with van der Waals surface area (Å²) < 4.78 is 8.17. The molecule has 2 unspecified atom stereocenters. The van der Waals surface area contributed by atoms with E-state index in [-0.39, 0.29) is 11.9 Å². The van der Waals surface area contributed by atoms with Crippen molar-refractivity contribution >= 4 is 28.5 Å². The van der Waals surface area contributed by atoms with Crippen molar-refractivity contribution in [3.05, 3.63) is 94.8 Å². The number of hydrogen-bond donors (Lipinski definition) is 1. The Hall–Kier alpha value is -3.31. The molecule has 0 aliphatic carbocycles. The molecule has 1 N–H and O–H groups in total. The van der Waals surface area contributed by atoms with Gasteiger partial charge in [-0.25, -0.2) is 4.98 Å². The van der Waals surface area contributed by atoms with E-state index < -0.39 is 0 Å². The zero-order valence-corrected chi connectivity index (χ0v) is 21.3. The molecule has 0 radical (unpaired) electrons. The summed E-state index contributed by atoms with van der Waals surface area (Å²) in [5.74, 6) is 2.03. The smallest absolute Gasteiger partial charge is 0.253 e. The number of aromatic nitrogens is 2. The van der Waals surface area contributed by atoms with Crippen molar-refractivity contribution in [2.24, 2.45) is 0 Å². The third kappa shape index (κ3) is 5.85. The lowest BCUT2D eigenvalue weighted by atomic mass is 9.99. The Kier molecular flexibility index (Phi) is 8.09. The average Bonchev–Trinajstić information content (AvgIpc) is 3.25. The standard InChI is InChI=1S/C29H32ClN3O2/c1-4-20(2)22-14-16-23(17-15-22)35-19-9-18-33-27-13-8-7-12-26(27)32-28(33)21(3)31-29(34)24-10-5-6-11-25(24)30/h5-8,10-17,20-21H,4,9,18-19H2,1-3H3,(H,31,34). The Morgan fingerprint density at radius 1 is 1.03 bits per heavy atom. The van der Waals surface area contributed by atoms with Crippen LogP contribution >= 0.6 is 11.6 Å². The lowest BCUT2D eigenvalue weighted by Crippen LogP contribution is -2.29. The van der Waals surface area contributed by atoms with E-state index in [1.165, 1.54) is 5.56 Å². The van der Waals surface area contributed by atoms with Crippen molar-refractivity contribution in [1.29, 1.82) is 0 Å². The Morgan fingerprint density at radius 2 is 1.74 bits per heavy atom. The van der Waals surface area contributed by atoms with E-state index in [4.69, 9.17) is 21.3 Å². The third-order valence-electron chi connectivity index (χ3n) is 6.39. The topological polar surface area (TPSA) is 56.1 Å². The highest BCUT2D eigenvalue weighted by Gasteiger charge is 2.20. The SMILES string of the molecule is CCC(C)c1ccc(OCCCn2c(C(C)NC(=O)c3ccccc3Cl)nc3ccccc32)cc1. The lowest BCUT2D eigenvalue weighted by molar-refractivity contribution is 0.0937. The summed E-state index contributed by atoms with van der Waals surface area (Å²) in [7, 11) is 0. The van der Waals surface area contributed by atoms with E-state index >= 15 is 0 Å². The van der Waals surface area contributed by atoms with Crippen LogP contribution in [-0.2, 0) is 6.54 Å². The second-order valence-electron chi connectivity index (χ2n) is 8.87. The molecule has 1 aromatic heterocycles. The number of nitrogens with zero attached hydrogens (tertiary/aromatic N) is 2. The molecule has 35 heavy (non-hydrogen) atoms. The van der Waals surface area contributed by atoms with Crippen molar-refractivity contribution < 1.29 is 9.53 Å². The van der Waals surface area contributed by atoms with Crippen LogP contribution in [-0.4, -0.2) is 22.1 Å². The Labute approximate surface area is 212 Å². The van der Waals surface area contributed by atoms with Gasteiger partial charge in [-0.05, 0) is 67.6 Å². The molecule has 1 amide bonds. The molecule has 0 bridgehead atoms. The molecule has 0 spiro atoms. The summed E-state index contributed by atoms with van der Waals surface area (Å²) in [4.78, 5) is 17.7. The molecule has 0 fully saturated rings. The van der Waals surface area contributed by atoms with Crippen LogP contribution in [0.4, 0.5) is 0 Å². The molecule has 0 aliphatic rings. The van der Waals surface area contributed by atoms with Gasteiger partial charge >= 0.3 is 0 Å². The Bertz CT molecular complexity index is 1280. The first-order chi connectivity index (χ1) is 17.0. The fourth-order valence-corrected chi connectivity index (χ4v) is 4.41. The van der Waals surface area contributed by atoms with Crippen LogP contribution in [0.25, 0.3) is 11.0 Å². The largest absolute Gasteiger partial charge is 0.494 e. The molecule has 3 aromatic carbocycles. The first-order valence-electron chi connectivity index (χ1n) is 12.2. The molecule has 2 atom stereocenters. The number of benzene rings is 3. The Balaban J connectivity index is 1.44. The van der Waals surface area contributed by atoms with Crippen molar-refractivity contribution in [3.8, 4) is 5.75 Å². The number of halogens is 1. The van der Waals surface area contributed by atoms with Gasteiger partial charge in [0.2, 0.25) is 0 Å². The van der Waals surface area contributed by atoms with Crippen LogP contribution in [0.2, 0.25) is 5.02 Å². The highest BCUT2D eigenvalue weighted by atomic mass is 35.5. The summed E-state index contributed by atoms with van der Waals surface area (Å²) in [6.07, 6.45) is 1.93. The number of hydrogen-bond acceptors (Lipinski definition) is 3. The van der Waals surface area contributed by atoms with Gasteiger partial charge in [0.15, 0.2) is 0 Å². The molecule has 182 valence electrons. The van der Waals surface area contributed by atoms with E-state index in [2.05, 4.69) is 41.9 Å². The normalized spacial score (nSPS) is 12.9. The maximum atomic E-state index is 12.8. The molecule has 4 aromatic rings. The average molecular weight is 490 g/mol. The number of ether oxygens (including phenoxy) is 1. The summed E-state index contributed by atoms with van der Waals surface area (Å²) in [5.41, 5.74) is 3.74. The Morgan fingerprint density at radius 3 is 2.49 bits per heavy atom. The number of nitrogens with one attached hydrogen (secondary N) is 1. The monoisotopic (exact) mass is 489 g/mol. The quantitative estimate of drug-likeness (QED) is 0.240. The van der Waals surface area contributed by atoms with Crippen LogP contribution in [0.5, 0.6) is 5.75 Å². The van der Waals surface area contributed by atoms with Gasteiger partial charge in [0.1, 0.15) is 11.6 Å². The van der Waals surface area contributed by atoms with Crippen molar-refractivity contribution in [2.75, 3.05) is 6.61 Å². The molecule has 0 aliphatic heterocycles. The van der Waals surface area contributed by atoms with Gasteiger partial charge in [-0.3, -0.25) is 4.79 Å². The number of aryl methyl sites for hydroxylation is 1. The molecular weight excluding hydrogens is 458 g/mol. The summed E-state index contributed by atoms with van der Waals surface area (Å²) in [5, 5.41) is 3.48. The second kappa shape index (κ2) is 11.4. The van der Waals surface area contributed by atoms with E-state index in [0.29, 0.717) is 23.1 Å². The minimum absolute atomic E-state index is 0.217. The third-order valence-corrected chi connectivity index (χ3v) is 6.72. The molecular formula is C29H32ClN3O2. The van der Waals surface area contributed by atoms with Crippen molar-refractivity contribution in [3.63, 3.8) is 0 Å². The number of carbonyl (C=O) groups is 1. The summed E-state index contributed by atoms with van der Waals surface area (Å²) in [6.45, 7) is 7.71. The fourth-order valence-electron chi connectivity index (χ4n) is 4.18. The number of fused-ring (bicyclic) bond motifs is 1. The lowest BCUT2D eigenvalue weighted by Gasteiger charge is -2.17. The van der Waals surface area contributed by atoms with E-state index in [1.807, 2.05) is 43.3 Å². The molecule has 0 saturated heterocycles. The number of rotatable bonds is 10. The predicted octanol–water partition coefficient (Wildman–Crippen LogP) is 7.16. The number of amides is 1. The van der Waals surface area contributed by atoms with Crippen LogP contribution in [0.3, 0.4) is 0 Å². The van der Waals surface area contributed by atoms with E-state index in [1.54, 1.807) is 18.2 Å². The molecule has 6 heteroatoms. The van der Waals surface area contributed by atoms with Gasteiger partial charge in [0.25, 0.3) is 5.91 Å². The maximum Gasteiger partial charge on any atom is 0.253 e. The number of imidazole rings is 1. The fraction of sp³-hybridized carbons (Fsp3) is 0.310. The zero-order chi connectivity index (χ0) is 24.8. The van der Waals surface area contributed by atoms with Crippen LogP contribution < -0.4 is 10.1 Å². The van der Waals surface area contributed by atoms with Crippen molar-refractivity contribution in [2.45, 2.75) is 52.1 Å². The summed E-state index contributed by atoms with van der Waals surface area (Å²) in [6, 6.07) is 23.2. The van der Waals surface area contributed by atoms with E-state index in [9.17, 15) is 4.79 Å². The minimum Gasteiger partial charge on any atom is -0.494 e. The second-order valence-corrected chi connectivity index (χ2v) is 9.27. The first kappa shape index (κ1) is 24.8. The van der Waals surface area contributed by atoms with Gasteiger partial charge in [-0.1, -0.05) is 61.8 Å². The van der Waals surface area contributed by atoms with Gasteiger partial charge in [-0.15, -0.1) is 0 Å². The highest BCUT2D eigenvalue weighted by molar-refractivity contribution is 6.33. The number of carbonyl (C=O) groups excluding carboxylic acids is 1. The summed E-state index contributed by atoms with van der Waals surface area (Å²) >= 11 is 6.21. The van der Waals surface area contributed by atoms with Crippen LogP contribution in [0, 0.1) is 0 Å². The van der Waals surface area contributed by atoms with Gasteiger partial charge < -0.3 is 14.6 Å². The number of para-hydroxylation sites is 2. The highest BCUT2D eigenvalue weighted by Crippen LogP contribution is 2.24. The predicted molar refractivity (Wildman–Crippen MR) is 142 cm³/mol. The maximum absolute atomic E-state index is 12.8. The van der Waals surface area contributed by atoms with Crippen LogP contribution in [0.15, 0.2) is 72.8 Å². The van der Waals surface area contributed by atoms with Crippen LogP contribution in [0.1, 0.15) is 67.3 Å². The molecule has 4 rings (SSSR count). The van der Waals surface area contributed by atoms with Gasteiger partial charge in [0, 0.05) is 6.54 Å². The van der Waals surface area contributed by atoms with Gasteiger partial charge in [-0.2, -0.15) is 0 Å². The zero-order valence-electron chi connectivity index (χ0n) is 20.5. The molecule has 5 nitrogen and oxygen atoms in total. The van der Waals surface area contributed by atoms with Gasteiger partial charge in [0.05, 0.1) is 34.3 Å². The molecule has 1 heterocycles. The van der Waals surface area contributed by atoms with E-state index in [0.717, 1.165) is 42.0 Å². The van der Waals surface area contributed by atoms with Crippen molar-refractivity contribution in [1.82, 2.24) is 14.9 Å².